The second kappa shape index (κ2) is 6.28. The molecule has 0 fully saturated rings. The highest BCUT2D eigenvalue weighted by Gasteiger charge is 2.09. The molecule has 5 nitrogen and oxygen atoms in total. The smallest absolute Gasteiger partial charge is 0.224 e. The van der Waals surface area contributed by atoms with Gasteiger partial charge in [0.1, 0.15) is 5.82 Å². The van der Waals surface area contributed by atoms with Crippen LogP contribution in [0.3, 0.4) is 0 Å². The highest BCUT2D eigenvalue weighted by Crippen LogP contribution is 2.23. The number of hydrogen-bond donors (Lipinski definition) is 1. The van der Waals surface area contributed by atoms with Gasteiger partial charge in [-0.25, -0.2) is 4.98 Å². The zero-order valence-corrected chi connectivity index (χ0v) is 11.0. The van der Waals surface area contributed by atoms with Gasteiger partial charge in [-0.1, -0.05) is 0 Å². The lowest BCUT2D eigenvalue weighted by Crippen LogP contribution is -2.20. The van der Waals surface area contributed by atoms with Gasteiger partial charge in [-0.2, -0.15) is 10.2 Å². The van der Waals surface area contributed by atoms with Crippen molar-refractivity contribution in [3.05, 3.63) is 10.7 Å². The Bertz CT molecular complexity index is 387. The molecule has 0 aliphatic heterocycles. The number of aromatic nitrogens is 2. The van der Waals surface area contributed by atoms with Crippen LogP contribution >= 0.6 is 15.9 Å². The number of nitriles is 1. The zero-order valence-electron chi connectivity index (χ0n) is 9.37. The molecule has 0 unspecified atom stereocenters. The molecule has 1 heterocycles. The first-order chi connectivity index (χ1) is 7.69. The summed E-state index contributed by atoms with van der Waals surface area (Å²) in [6, 6.07) is 2.11. The van der Waals surface area contributed by atoms with Crippen molar-refractivity contribution < 1.29 is 0 Å². The van der Waals surface area contributed by atoms with Crippen LogP contribution in [0.4, 0.5) is 11.8 Å². The summed E-state index contributed by atoms with van der Waals surface area (Å²) < 4.78 is 0.828. The van der Waals surface area contributed by atoms with Crippen LogP contribution in [0, 0.1) is 11.3 Å². The normalized spacial score (nSPS) is 9.62. The van der Waals surface area contributed by atoms with Gasteiger partial charge < -0.3 is 10.2 Å². The molecule has 0 radical (unpaired) electrons. The molecular weight excluding hydrogens is 270 g/mol. The molecule has 1 aromatic heterocycles. The summed E-state index contributed by atoms with van der Waals surface area (Å²) in [6.07, 6.45) is 2.19. The standard InChI is InChI=1S/C10H14BrN5/c1-3-13-10-14-7-8(11)9(15-10)16(2)6-4-5-12/h7H,3-4,6H2,1-2H3,(H,13,14,15). The Labute approximate surface area is 104 Å². The average Bonchev–Trinajstić information content (AvgIpc) is 2.29. The third-order valence-corrected chi connectivity index (χ3v) is 2.54. The van der Waals surface area contributed by atoms with Crippen LogP contribution < -0.4 is 10.2 Å². The highest BCUT2D eigenvalue weighted by atomic mass is 79.9. The van der Waals surface area contributed by atoms with Crippen molar-refractivity contribution in [2.24, 2.45) is 0 Å². The predicted octanol–water partition coefficient (Wildman–Crippen LogP) is 2.02. The molecule has 0 atom stereocenters. The largest absolute Gasteiger partial charge is 0.358 e. The van der Waals surface area contributed by atoms with Gasteiger partial charge in [0, 0.05) is 26.3 Å². The van der Waals surface area contributed by atoms with Crippen LogP contribution in [0.1, 0.15) is 13.3 Å². The number of nitrogens with zero attached hydrogens (tertiary/aromatic N) is 4. The van der Waals surface area contributed by atoms with Crippen molar-refractivity contribution in [2.45, 2.75) is 13.3 Å². The Hall–Kier alpha value is -1.35. The van der Waals surface area contributed by atoms with Crippen molar-refractivity contribution in [2.75, 3.05) is 30.4 Å². The lowest BCUT2D eigenvalue weighted by Gasteiger charge is -2.18. The van der Waals surface area contributed by atoms with E-state index in [-0.39, 0.29) is 0 Å². The fourth-order valence-corrected chi connectivity index (χ4v) is 1.69. The quantitative estimate of drug-likeness (QED) is 0.896. The summed E-state index contributed by atoms with van der Waals surface area (Å²) in [5.41, 5.74) is 0. The summed E-state index contributed by atoms with van der Waals surface area (Å²) >= 11 is 3.40. The summed E-state index contributed by atoms with van der Waals surface area (Å²) in [6.45, 7) is 3.42. The molecule has 0 amide bonds. The molecular formula is C10H14BrN5. The molecule has 86 valence electrons. The van der Waals surface area contributed by atoms with E-state index in [4.69, 9.17) is 5.26 Å². The first-order valence-electron chi connectivity index (χ1n) is 5.03. The summed E-state index contributed by atoms with van der Waals surface area (Å²) in [7, 11) is 1.90. The average molecular weight is 284 g/mol. The molecule has 1 rings (SSSR count). The molecule has 16 heavy (non-hydrogen) atoms. The Morgan fingerprint density at radius 1 is 1.62 bits per heavy atom. The topological polar surface area (TPSA) is 64.8 Å². The van der Waals surface area contributed by atoms with Crippen molar-refractivity contribution >= 4 is 27.7 Å². The second-order valence-corrected chi connectivity index (χ2v) is 4.08. The van der Waals surface area contributed by atoms with E-state index < -0.39 is 0 Å². The molecule has 0 aliphatic carbocycles. The minimum Gasteiger partial charge on any atom is -0.358 e. The van der Waals surface area contributed by atoms with Gasteiger partial charge in [0.2, 0.25) is 5.95 Å². The lowest BCUT2D eigenvalue weighted by atomic mass is 10.4. The highest BCUT2D eigenvalue weighted by molar-refractivity contribution is 9.10. The lowest BCUT2D eigenvalue weighted by molar-refractivity contribution is 0.875. The summed E-state index contributed by atoms with van der Waals surface area (Å²) in [5.74, 6) is 1.39. The Balaban J connectivity index is 2.84. The van der Waals surface area contributed by atoms with Crippen LogP contribution in [0.25, 0.3) is 0 Å². The van der Waals surface area contributed by atoms with Crippen molar-refractivity contribution in [3.63, 3.8) is 0 Å². The maximum atomic E-state index is 8.54. The molecule has 0 bridgehead atoms. The van der Waals surface area contributed by atoms with E-state index in [9.17, 15) is 0 Å². The van der Waals surface area contributed by atoms with Gasteiger partial charge in [0.25, 0.3) is 0 Å². The minimum absolute atomic E-state index is 0.476. The summed E-state index contributed by atoms with van der Waals surface area (Å²) in [4.78, 5) is 10.4. The maximum Gasteiger partial charge on any atom is 0.224 e. The Morgan fingerprint density at radius 3 is 3.00 bits per heavy atom. The monoisotopic (exact) mass is 283 g/mol. The number of halogens is 1. The second-order valence-electron chi connectivity index (χ2n) is 3.23. The molecule has 1 N–H and O–H groups in total. The van der Waals surface area contributed by atoms with Crippen molar-refractivity contribution in [3.8, 4) is 6.07 Å². The van der Waals surface area contributed by atoms with Crippen molar-refractivity contribution in [1.82, 2.24) is 9.97 Å². The molecule has 0 aromatic carbocycles. The van der Waals surface area contributed by atoms with E-state index in [1.54, 1.807) is 6.20 Å². The van der Waals surface area contributed by atoms with E-state index in [1.165, 1.54) is 0 Å². The number of rotatable bonds is 5. The van der Waals surface area contributed by atoms with Crippen LogP contribution in [0.15, 0.2) is 10.7 Å². The number of hydrogen-bond acceptors (Lipinski definition) is 5. The van der Waals surface area contributed by atoms with E-state index in [1.807, 2.05) is 18.9 Å². The Morgan fingerprint density at radius 2 is 2.38 bits per heavy atom. The number of nitrogens with one attached hydrogen (secondary N) is 1. The molecule has 0 saturated heterocycles. The molecule has 1 aromatic rings. The molecule has 0 aliphatic rings. The first-order valence-corrected chi connectivity index (χ1v) is 5.82. The predicted molar refractivity (Wildman–Crippen MR) is 67.4 cm³/mol. The van der Waals surface area contributed by atoms with Gasteiger partial charge in [0.15, 0.2) is 0 Å². The van der Waals surface area contributed by atoms with Crippen LogP contribution in [0.5, 0.6) is 0 Å². The third-order valence-electron chi connectivity index (χ3n) is 1.98. The van der Waals surface area contributed by atoms with Crippen LogP contribution in [-0.4, -0.2) is 30.1 Å². The van der Waals surface area contributed by atoms with Gasteiger partial charge in [-0.3, -0.25) is 0 Å². The van der Waals surface area contributed by atoms with Gasteiger partial charge in [-0.15, -0.1) is 0 Å². The summed E-state index contributed by atoms with van der Waals surface area (Å²) in [5, 5.41) is 11.6. The van der Waals surface area contributed by atoms with E-state index in [0.717, 1.165) is 16.8 Å². The SMILES string of the molecule is CCNc1ncc(Br)c(N(C)CCC#N)n1. The van der Waals surface area contributed by atoms with E-state index in [2.05, 4.69) is 37.3 Å². The Kier molecular flexibility index (Phi) is 4.99. The van der Waals surface area contributed by atoms with E-state index >= 15 is 0 Å². The van der Waals surface area contributed by atoms with Gasteiger partial charge >= 0.3 is 0 Å². The fraction of sp³-hybridized carbons (Fsp3) is 0.500. The fourth-order valence-electron chi connectivity index (χ4n) is 1.19. The first kappa shape index (κ1) is 12.7. The van der Waals surface area contributed by atoms with Crippen molar-refractivity contribution in [1.29, 1.82) is 5.26 Å². The van der Waals surface area contributed by atoms with Crippen LogP contribution in [-0.2, 0) is 0 Å². The van der Waals surface area contributed by atoms with Crippen LogP contribution in [0.2, 0.25) is 0 Å². The van der Waals surface area contributed by atoms with Gasteiger partial charge in [-0.05, 0) is 22.9 Å². The zero-order chi connectivity index (χ0) is 12.0. The van der Waals surface area contributed by atoms with E-state index in [0.29, 0.717) is 18.9 Å². The van der Waals surface area contributed by atoms with Gasteiger partial charge in [0.05, 0.1) is 17.0 Å². The molecule has 0 saturated carbocycles. The number of anilines is 2. The maximum absolute atomic E-state index is 8.54. The molecule has 6 heteroatoms. The molecule has 0 spiro atoms. The minimum atomic E-state index is 0.476. The third kappa shape index (κ3) is 3.35.